The summed E-state index contributed by atoms with van der Waals surface area (Å²) < 4.78 is 5.55. The zero-order chi connectivity index (χ0) is 23.7. The van der Waals surface area contributed by atoms with Crippen LogP contribution in [0.3, 0.4) is 0 Å². The van der Waals surface area contributed by atoms with Crippen LogP contribution >= 0.6 is 11.6 Å². The van der Waals surface area contributed by atoms with Crippen molar-refractivity contribution in [2.75, 3.05) is 18.0 Å². The quantitative estimate of drug-likeness (QED) is 0.387. The average molecular weight is 480 g/mol. The molecule has 3 aromatic heterocycles. The second-order valence-corrected chi connectivity index (χ2v) is 9.16. The molecule has 4 heterocycles. The second kappa shape index (κ2) is 9.17. The molecule has 0 aliphatic carbocycles. The molecule has 1 aromatic carbocycles. The summed E-state index contributed by atoms with van der Waals surface area (Å²) in [5, 5.41) is 8.67. The van der Waals surface area contributed by atoms with E-state index in [4.69, 9.17) is 21.9 Å². The molecule has 1 atom stereocenters. The Morgan fingerprint density at radius 2 is 2.00 bits per heavy atom. The van der Waals surface area contributed by atoms with Crippen molar-refractivity contribution in [3.05, 3.63) is 71.0 Å². The van der Waals surface area contributed by atoms with Crippen LogP contribution in [0.4, 0.5) is 5.82 Å². The predicted octanol–water partition coefficient (Wildman–Crippen LogP) is 3.31. The van der Waals surface area contributed by atoms with E-state index in [2.05, 4.69) is 25.4 Å². The standard InChI is InChI=1S/C24H26ClN7O2/c1-15-12-18(34-31-15)13-20(16-2-4-17(25)5-3-16)32(23(33)24(26)7-10-27-11-8-24)22-19-6-9-28-21(19)29-14-30-22/h2-6,9,12,14,20,27H,7-8,10-11,13,26H2,1H3,(H,28,29,30). The molecule has 5 rings (SSSR count). The highest BCUT2D eigenvalue weighted by molar-refractivity contribution is 6.30. The smallest absolute Gasteiger partial charge is 0.248 e. The Kier molecular flexibility index (Phi) is 6.07. The lowest BCUT2D eigenvalue weighted by Crippen LogP contribution is -2.61. The van der Waals surface area contributed by atoms with Crippen LogP contribution in [-0.4, -0.2) is 44.6 Å². The second-order valence-electron chi connectivity index (χ2n) is 8.72. The SMILES string of the molecule is Cc1cc(CC(c2ccc(Cl)cc2)N(C(=O)C2(N)CCNCC2)c2ncnc3[nH]ccc23)on1. The number of aryl methyl sites for hydroxylation is 1. The van der Waals surface area contributed by atoms with Crippen LogP contribution in [0.25, 0.3) is 11.0 Å². The van der Waals surface area contributed by atoms with Gasteiger partial charge >= 0.3 is 0 Å². The van der Waals surface area contributed by atoms with Crippen molar-refractivity contribution in [2.45, 2.75) is 37.8 Å². The van der Waals surface area contributed by atoms with E-state index in [1.807, 2.05) is 43.3 Å². The number of anilines is 1. The van der Waals surface area contributed by atoms with Crippen LogP contribution in [0.1, 0.15) is 35.9 Å². The Morgan fingerprint density at radius 1 is 1.24 bits per heavy atom. The van der Waals surface area contributed by atoms with Gasteiger partial charge in [-0.25, -0.2) is 9.97 Å². The first-order valence-electron chi connectivity index (χ1n) is 11.2. The molecule has 4 aromatic rings. The summed E-state index contributed by atoms with van der Waals surface area (Å²) in [7, 11) is 0. The van der Waals surface area contributed by atoms with Crippen LogP contribution in [0.2, 0.25) is 5.02 Å². The van der Waals surface area contributed by atoms with Gasteiger partial charge in [-0.05, 0) is 56.6 Å². The molecule has 1 aliphatic heterocycles. The number of aromatic nitrogens is 4. The molecule has 10 heteroatoms. The number of nitrogens with one attached hydrogen (secondary N) is 2. The Hall–Kier alpha value is -3.27. The third kappa shape index (κ3) is 4.29. The third-order valence-corrected chi connectivity index (χ3v) is 6.59. The monoisotopic (exact) mass is 479 g/mol. The first-order valence-corrected chi connectivity index (χ1v) is 11.6. The van der Waals surface area contributed by atoms with Gasteiger partial charge in [-0.3, -0.25) is 9.69 Å². The molecule has 0 spiro atoms. The van der Waals surface area contributed by atoms with Crippen LogP contribution in [0, 0.1) is 6.92 Å². The summed E-state index contributed by atoms with van der Waals surface area (Å²) in [6.45, 7) is 3.21. The zero-order valence-corrected chi connectivity index (χ0v) is 19.5. The molecule has 1 fully saturated rings. The molecule has 1 saturated heterocycles. The Labute approximate surface area is 201 Å². The van der Waals surface area contributed by atoms with E-state index < -0.39 is 11.6 Å². The highest BCUT2D eigenvalue weighted by Gasteiger charge is 2.43. The molecule has 34 heavy (non-hydrogen) atoms. The lowest BCUT2D eigenvalue weighted by molar-refractivity contribution is -0.125. The van der Waals surface area contributed by atoms with Crippen LogP contribution in [0.5, 0.6) is 0 Å². The van der Waals surface area contributed by atoms with Crippen molar-refractivity contribution in [3.63, 3.8) is 0 Å². The number of halogens is 1. The number of amides is 1. The lowest BCUT2D eigenvalue weighted by atomic mass is 9.86. The average Bonchev–Trinajstić information content (AvgIpc) is 3.49. The predicted molar refractivity (Wildman–Crippen MR) is 130 cm³/mol. The Morgan fingerprint density at radius 3 is 2.71 bits per heavy atom. The normalized spacial score (nSPS) is 16.4. The summed E-state index contributed by atoms with van der Waals surface area (Å²) in [6, 6.07) is 10.7. The van der Waals surface area contributed by atoms with Crippen molar-refractivity contribution < 1.29 is 9.32 Å². The highest BCUT2D eigenvalue weighted by Crippen LogP contribution is 2.36. The molecule has 4 N–H and O–H groups in total. The van der Waals surface area contributed by atoms with Gasteiger partial charge < -0.3 is 20.6 Å². The van der Waals surface area contributed by atoms with E-state index in [0.29, 0.717) is 54.6 Å². The van der Waals surface area contributed by atoms with Crippen molar-refractivity contribution >= 4 is 34.4 Å². The van der Waals surface area contributed by atoms with Gasteiger partial charge in [0.2, 0.25) is 5.91 Å². The molecular weight excluding hydrogens is 454 g/mol. The van der Waals surface area contributed by atoms with Gasteiger partial charge in [0.1, 0.15) is 23.6 Å². The van der Waals surface area contributed by atoms with Crippen LogP contribution in [-0.2, 0) is 11.2 Å². The Balaban J connectivity index is 1.68. The van der Waals surface area contributed by atoms with E-state index in [0.717, 1.165) is 16.6 Å². The molecule has 1 aliphatic rings. The number of hydrogen-bond donors (Lipinski definition) is 3. The number of carbonyl (C=O) groups excluding carboxylic acids is 1. The first kappa shape index (κ1) is 22.5. The molecule has 1 amide bonds. The number of benzene rings is 1. The van der Waals surface area contributed by atoms with E-state index in [-0.39, 0.29) is 5.91 Å². The number of rotatable bonds is 6. The van der Waals surface area contributed by atoms with Crippen molar-refractivity contribution in [1.29, 1.82) is 0 Å². The third-order valence-electron chi connectivity index (χ3n) is 6.34. The van der Waals surface area contributed by atoms with Gasteiger partial charge in [0.05, 0.1) is 22.7 Å². The number of hydrogen-bond acceptors (Lipinski definition) is 7. The van der Waals surface area contributed by atoms with Gasteiger partial charge in [-0.15, -0.1) is 0 Å². The fourth-order valence-corrected chi connectivity index (χ4v) is 4.63. The van der Waals surface area contributed by atoms with Crippen LogP contribution in [0.15, 0.2) is 53.4 Å². The summed E-state index contributed by atoms with van der Waals surface area (Å²) in [4.78, 5) is 28.0. The fourth-order valence-electron chi connectivity index (χ4n) is 4.51. The van der Waals surface area contributed by atoms with Crippen molar-refractivity contribution in [2.24, 2.45) is 5.73 Å². The van der Waals surface area contributed by atoms with E-state index in [1.165, 1.54) is 6.33 Å². The van der Waals surface area contributed by atoms with Gasteiger partial charge in [-0.1, -0.05) is 28.9 Å². The number of nitrogens with two attached hydrogens (primary N) is 1. The van der Waals surface area contributed by atoms with Gasteiger partial charge in [0, 0.05) is 23.7 Å². The number of carbonyl (C=O) groups is 1. The number of nitrogens with zero attached hydrogens (tertiary/aromatic N) is 4. The number of aromatic amines is 1. The zero-order valence-electron chi connectivity index (χ0n) is 18.8. The number of piperidine rings is 1. The maximum Gasteiger partial charge on any atom is 0.248 e. The van der Waals surface area contributed by atoms with Gasteiger partial charge in [0.15, 0.2) is 0 Å². The van der Waals surface area contributed by atoms with Crippen LogP contribution < -0.4 is 16.0 Å². The summed E-state index contributed by atoms with van der Waals surface area (Å²) in [5.74, 6) is 0.966. The maximum atomic E-state index is 14.3. The molecule has 0 radical (unpaired) electrons. The fraction of sp³-hybridized carbons (Fsp3) is 0.333. The minimum atomic E-state index is -1.03. The summed E-state index contributed by atoms with van der Waals surface area (Å²) >= 11 is 6.19. The molecule has 176 valence electrons. The summed E-state index contributed by atoms with van der Waals surface area (Å²) in [6.07, 6.45) is 4.68. The number of fused-ring (bicyclic) bond motifs is 1. The molecule has 9 nitrogen and oxygen atoms in total. The molecule has 0 bridgehead atoms. The van der Waals surface area contributed by atoms with E-state index in [1.54, 1.807) is 11.1 Å². The highest BCUT2D eigenvalue weighted by atomic mass is 35.5. The minimum Gasteiger partial charge on any atom is -0.361 e. The van der Waals surface area contributed by atoms with Crippen molar-refractivity contribution in [3.8, 4) is 0 Å². The van der Waals surface area contributed by atoms with E-state index in [9.17, 15) is 4.79 Å². The Bertz CT molecular complexity index is 1290. The number of H-pyrrole nitrogens is 1. The first-order chi connectivity index (χ1) is 16.4. The summed E-state index contributed by atoms with van der Waals surface area (Å²) in [5.41, 5.74) is 8.03. The molecule has 0 saturated carbocycles. The molecular formula is C24H26ClN7O2. The maximum absolute atomic E-state index is 14.3. The largest absolute Gasteiger partial charge is 0.361 e. The lowest BCUT2D eigenvalue weighted by Gasteiger charge is -2.40. The van der Waals surface area contributed by atoms with Gasteiger partial charge in [-0.2, -0.15) is 0 Å². The van der Waals surface area contributed by atoms with Crippen molar-refractivity contribution in [1.82, 2.24) is 25.4 Å². The minimum absolute atomic E-state index is 0.189. The van der Waals surface area contributed by atoms with E-state index >= 15 is 0 Å². The molecule has 1 unspecified atom stereocenters. The van der Waals surface area contributed by atoms with Gasteiger partial charge in [0.25, 0.3) is 0 Å². The topological polar surface area (TPSA) is 126 Å².